The molecule has 2 aliphatic rings. The van der Waals surface area contributed by atoms with Crippen LogP contribution in [0, 0.1) is 23.2 Å². The molecule has 0 bridgehead atoms. The third-order valence-corrected chi connectivity index (χ3v) is 3.52. The van der Waals surface area contributed by atoms with Crippen LogP contribution < -0.4 is 14.2 Å². The molecule has 1 aromatic rings. The molecule has 0 spiro atoms. The second kappa shape index (κ2) is 4.93. The lowest BCUT2D eigenvalue weighted by molar-refractivity contribution is -0.139. The van der Waals surface area contributed by atoms with E-state index in [1.807, 2.05) is 18.2 Å². The molecule has 2 atom stereocenters. The van der Waals surface area contributed by atoms with E-state index in [4.69, 9.17) is 24.2 Å². The lowest BCUT2D eigenvalue weighted by atomic mass is 9.90. The topological polar surface area (TPSA) is 77.8 Å². The van der Waals surface area contributed by atoms with Crippen LogP contribution in [0.2, 0.25) is 0 Å². The molecule has 2 aliphatic heterocycles. The third kappa shape index (κ3) is 2.01. The molecule has 1 fully saturated rings. The molecule has 1 aromatic carbocycles. The maximum Gasteiger partial charge on any atom is 0.323 e. The number of benzene rings is 1. The molecule has 104 valence electrons. The van der Waals surface area contributed by atoms with Gasteiger partial charge in [-0.25, -0.2) is 0 Å². The van der Waals surface area contributed by atoms with E-state index >= 15 is 0 Å². The van der Waals surface area contributed by atoms with Gasteiger partial charge in [-0.2, -0.15) is 5.26 Å². The largest absolute Gasteiger partial charge is 0.493 e. The minimum absolute atomic E-state index is 0.141. The van der Waals surface area contributed by atoms with Gasteiger partial charge in [0.05, 0.1) is 19.8 Å². The molecular formula is C14H13NO5. The summed E-state index contributed by atoms with van der Waals surface area (Å²) in [6, 6.07) is 5.69. The van der Waals surface area contributed by atoms with Crippen molar-refractivity contribution in [3.63, 3.8) is 0 Å². The Balaban J connectivity index is 1.85. The first-order valence-corrected chi connectivity index (χ1v) is 6.25. The number of carbonyl (C=O) groups is 1. The standard InChI is InChI=1S/C14H13NO5/c1-17-11-3-8(4-12-13(11)20-7-19-12)2-9-6-18-14(16)10(9)5-15/h3-4,9-10H,2,6-7H2,1H3. The molecule has 0 aromatic heterocycles. The van der Waals surface area contributed by atoms with E-state index < -0.39 is 11.9 Å². The Hall–Kier alpha value is -2.42. The van der Waals surface area contributed by atoms with E-state index in [-0.39, 0.29) is 19.3 Å². The summed E-state index contributed by atoms with van der Waals surface area (Å²) in [5.41, 5.74) is 0.926. The number of rotatable bonds is 3. The van der Waals surface area contributed by atoms with Crippen LogP contribution in [0.3, 0.4) is 0 Å². The molecule has 0 aliphatic carbocycles. The number of fused-ring (bicyclic) bond motifs is 1. The van der Waals surface area contributed by atoms with Crippen LogP contribution in [0.25, 0.3) is 0 Å². The van der Waals surface area contributed by atoms with Crippen molar-refractivity contribution in [2.24, 2.45) is 11.8 Å². The summed E-state index contributed by atoms with van der Waals surface area (Å²) in [6.45, 7) is 0.439. The Labute approximate surface area is 115 Å². The quantitative estimate of drug-likeness (QED) is 0.773. The number of methoxy groups -OCH3 is 1. The predicted octanol–water partition coefficient (Wildman–Crippen LogP) is 1.28. The summed E-state index contributed by atoms with van der Waals surface area (Å²) < 4.78 is 20.9. The fourth-order valence-corrected chi connectivity index (χ4v) is 2.51. The molecule has 1 saturated heterocycles. The summed E-state index contributed by atoms with van der Waals surface area (Å²) in [5.74, 6) is 0.521. The monoisotopic (exact) mass is 275 g/mol. The third-order valence-electron chi connectivity index (χ3n) is 3.52. The molecule has 0 radical (unpaired) electrons. The number of esters is 1. The zero-order valence-corrected chi connectivity index (χ0v) is 10.9. The number of cyclic esters (lactones) is 1. The number of hydrogen-bond acceptors (Lipinski definition) is 6. The highest BCUT2D eigenvalue weighted by Gasteiger charge is 2.37. The summed E-state index contributed by atoms with van der Waals surface area (Å²) in [4.78, 5) is 11.4. The first kappa shape index (κ1) is 12.6. The van der Waals surface area contributed by atoms with Crippen molar-refractivity contribution in [1.29, 1.82) is 5.26 Å². The van der Waals surface area contributed by atoms with Crippen molar-refractivity contribution < 1.29 is 23.7 Å². The second-order valence-electron chi connectivity index (χ2n) is 4.73. The van der Waals surface area contributed by atoms with Crippen molar-refractivity contribution in [3.05, 3.63) is 17.7 Å². The van der Waals surface area contributed by atoms with E-state index in [0.717, 1.165) is 5.56 Å². The number of nitrogens with zero attached hydrogens (tertiary/aromatic N) is 1. The molecule has 20 heavy (non-hydrogen) atoms. The van der Waals surface area contributed by atoms with Gasteiger partial charge in [0, 0.05) is 5.92 Å². The van der Waals surface area contributed by atoms with Gasteiger partial charge < -0.3 is 18.9 Å². The first-order chi connectivity index (χ1) is 9.72. The number of hydrogen-bond donors (Lipinski definition) is 0. The Bertz CT molecular complexity index is 592. The maximum absolute atomic E-state index is 11.4. The average Bonchev–Trinajstić information content (AvgIpc) is 3.04. The Morgan fingerprint density at radius 2 is 2.25 bits per heavy atom. The summed E-state index contributed by atoms with van der Waals surface area (Å²) in [7, 11) is 1.56. The highest BCUT2D eigenvalue weighted by molar-refractivity contribution is 5.77. The van der Waals surface area contributed by atoms with Crippen molar-refractivity contribution >= 4 is 5.97 Å². The van der Waals surface area contributed by atoms with E-state index in [1.165, 1.54) is 0 Å². The molecule has 3 rings (SSSR count). The molecular weight excluding hydrogens is 262 g/mol. The molecule has 0 amide bonds. The van der Waals surface area contributed by atoms with Crippen molar-refractivity contribution in [3.8, 4) is 23.3 Å². The fraction of sp³-hybridized carbons (Fsp3) is 0.429. The Kier molecular flexibility index (Phi) is 3.11. The van der Waals surface area contributed by atoms with Gasteiger partial charge in [0.25, 0.3) is 0 Å². The van der Waals surface area contributed by atoms with E-state index in [0.29, 0.717) is 23.7 Å². The molecule has 2 heterocycles. The number of nitriles is 1. The van der Waals surface area contributed by atoms with Crippen LogP contribution in [0.4, 0.5) is 0 Å². The predicted molar refractivity (Wildman–Crippen MR) is 66.4 cm³/mol. The van der Waals surface area contributed by atoms with Gasteiger partial charge in [-0.15, -0.1) is 0 Å². The molecule has 6 heteroatoms. The summed E-state index contributed by atoms with van der Waals surface area (Å²) in [6.07, 6.45) is 0.553. The second-order valence-corrected chi connectivity index (χ2v) is 4.73. The van der Waals surface area contributed by atoms with Gasteiger partial charge in [-0.1, -0.05) is 0 Å². The zero-order chi connectivity index (χ0) is 14.1. The SMILES string of the molecule is COc1cc(CC2COC(=O)C2C#N)cc2c1OCO2. The molecule has 0 saturated carbocycles. The molecule has 2 unspecified atom stereocenters. The minimum atomic E-state index is -0.702. The Morgan fingerprint density at radius 3 is 3.00 bits per heavy atom. The highest BCUT2D eigenvalue weighted by Crippen LogP contribution is 2.42. The first-order valence-electron chi connectivity index (χ1n) is 6.25. The Morgan fingerprint density at radius 1 is 1.40 bits per heavy atom. The lowest BCUT2D eigenvalue weighted by Crippen LogP contribution is -2.16. The summed E-state index contributed by atoms with van der Waals surface area (Å²) >= 11 is 0. The van der Waals surface area contributed by atoms with Crippen LogP contribution in [0.1, 0.15) is 5.56 Å². The average molecular weight is 275 g/mol. The van der Waals surface area contributed by atoms with Gasteiger partial charge in [0.1, 0.15) is 5.92 Å². The van der Waals surface area contributed by atoms with Crippen molar-refractivity contribution in [2.75, 3.05) is 20.5 Å². The fourth-order valence-electron chi connectivity index (χ4n) is 2.51. The maximum atomic E-state index is 11.4. The number of ether oxygens (including phenoxy) is 4. The van der Waals surface area contributed by atoms with Gasteiger partial charge in [-0.3, -0.25) is 4.79 Å². The van der Waals surface area contributed by atoms with Crippen LogP contribution in [-0.4, -0.2) is 26.5 Å². The lowest BCUT2D eigenvalue weighted by Gasteiger charge is -2.12. The molecule has 6 nitrogen and oxygen atoms in total. The highest BCUT2D eigenvalue weighted by atomic mass is 16.7. The van der Waals surface area contributed by atoms with Crippen LogP contribution >= 0.6 is 0 Å². The van der Waals surface area contributed by atoms with Gasteiger partial charge in [0.2, 0.25) is 12.5 Å². The van der Waals surface area contributed by atoms with E-state index in [2.05, 4.69) is 0 Å². The normalized spacial score (nSPS) is 23.3. The summed E-state index contributed by atoms with van der Waals surface area (Å²) in [5, 5.41) is 9.02. The van der Waals surface area contributed by atoms with Gasteiger partial charge >= 0.3 is 5.97 Å². The van der Waals surface area contributed by atoms with Crippen molar-refractivity contribution in [2.45, 2.75) is 6.42 Å². The van der Waals surface area contributed by atoms with Crippen LogP contribution in [0.5, 0.6) is 17.2 Å². The van der Waals surface area contributed by atoms with Gasteiger partial charge in [0.15, 0.2) is 11.5 Å². The molecule has 0 N–H and O–H groups in total. The smallest absolute Gasteiger partial charge is 0.323 e. The van der Waals surface area contributed by atoms with Gasteiger partial charge in [-0.05, 0) is 24.1 Å². The van der Waals surface area contributed by atoms with Crippen LogP contribution in [-0.2, 0) is 16.0 Å². The van der Waals surface area contributed by atoms with Crippen LogP contribution in [0.15, 0.2) is 12.1 Å². The van der Waals surface area contributed by atoms with E-state index in [9.17, 15) is 4.79 Å². The van der Waals surface area contributed by atoms with E-state index in [1.54, 1.807) is 7.11 Å². The van der Waals surface area contributed by atoms with Crippen molar-refractivity contribution in [1.82, 2.24) is 0 Å². The zero-order valence-electron chi connectivity index (χ0n) is 10.9. The number of carbonyl (C=O) groups excluding carboxylic acids is 1. The minimum Gasteiger partial charge on any atom is -0.493 e.